The third-order valence-corrected chi connectivity index (χ3v) is 16.6. The summed E-state index contributed by atoms with van der Waals surface area (Å²) in [6, 6.07) is 12.0. The van der Waals surface area contributed by atoms with Crippen molar-refractivity contribution in [2.45, 2.75) is 109 Å². The van der Waals surface area contributed by atoms with Gasteiger partial charge in [0.15, 0.2) is 5.82 Å². The molecule has 4 aliphatic rings. The number of terminal acetylenes is 1. The Hall–Kier alpha value is -6.93. The van der Waals surface area contributed by atoms with Gasteiger partial charge in [-0.05, 0) is 79.3 Å². The summed E-state index contributed by atoms with van der Waals surface area (Å²) in [7, 11) is 0. The van der Waals surface area contributed by atoms with Crippen LogP contribution in [-0.4, -0.2) is 160 Å². The van der Waals surface area contributed by atoms with Gasteiger partial charge in [-0.3, -0.25) is 24.3 Å². The summed E-state index contributed by atoms with van der Waals surface area (Å²) in [6.07, 6.45) is 10.3. The number of pyridine rings is 1. The van der Waals surface area contributed by atoms with Gasteiger partial charge in [-0.1, -0.05) is 57.0 Å². The molecule has 2 bridgehead atoms. The quantitative estimate of drug-likeness (QED) is 0.0422. The standard InChI is InChI=1S/C59H68F2N10O8S/c1-6-43-46(60)16-13-37-24-41(72)25-44(49(37)43)51-50(61)52-45(28-62-51)55(70-29-38-14-15-39(30-70)65-38)68-58(67-52)79-32-40-8-7-18-69(40)19-21-78-23-22-77-20-17-48(74)66-54(59(3,4)5)57(76)71-31-42(73)26-47(71)56(75)63-27-35-9-11-36(12-10-35)53-34(2)64-33-80-53/h1,9-13,16,24-25,28,33,38-40,42,47,54,65,72-73H,7-8,14-15,17-23,26-27,29-32H2,2-5H3,(H,63,75)(H,66,74)/t38?,39?,40-,42-,47+,54-/m0/s1. The van der Waals surface area contributed by atoms with E-state index in [4.69, 9.17) is 25.6 Å². The number of aryl methyl sites for hydroxylation is 1. The van der Waals surface area contributed by atoms with Crippen LogP contribution in [0.25, 0.3) is 43.4 Å². The van der Waals surface area contributed by atoms with E-state index in [1.54, 1.807) is 11.3 Å². The highest BCUT2D eigenvalue weighted by molar-refractivity contribution is 7.13. The fourth-order valence-electron chi connectivity index (χ4n) is 11.5. The van der Waals surface area contributed by atoms with Crippen molar-refractivity contribution in [3.63, 3.8) is 0 Å². The molecule has 0 saturated carbocycles. The van der Waals surface area contributed by atoms with Crippen molar-refractivity contribution < 1.29 is 47.6 Å². The van der Waals surface area contributed by atoms with E-state index >= 15 is 8.78 Å². The number of halogens is 2. The van der Waals surface area contributed by atoms with Crippen molar-refractivity contribution in [2.75, 3.05) is 70.7 Å². The molecule has 2 unspecified atom stereocenters. The van der Waals surface area contributed by atoms with E-state index < -0.39 is 41.1 Å². The predicted octanol–water partition coefficient (Wildman–Crippen LogP) is 6.26. The number of benzene rings is 3. The highest BCUT2D eigenvalue weighted by atomic mass is 32.1. The molecule has 3 aromatic carbocycles. The van der Waals surface area contributed by atoms with Crippen molar-refractivity contribution in [1.82, 2.24) is 45.7 Å². The number of phenolic OH excluding ortho intramolecular Hbond substituents is 1. The first-order valence-electron chi connectivity index (χ1n) is 27.4. The molecule has 4 fully saturated rings. The number of aliphatic hydroxyl groups is 1. The first-order valence-corrected chi connectivity index (χ1v) is 28.3. The molecule has 6 atom stereocenters. The molecule has 21 heteroatoms. The minimum Gasteiger partial charge on any atom is -0.508 e. The Morgan fingerprint density at radius 2 is 1.74 bits per heavy atom. The number of hydrogen-bond acceptors (Lipinski definition) is 16. The van der Waals surface area contributed by atoms with Gasteiger partial charge in [0.2, 0.25) is 17.7 Å². The van der Waals surface area contributed by atoms with Crippen LogP contribution < -0.4 is 25.6 Å². The van der Waals surface area contributed by atoms with Gasteiger partial charge in [0, 0.05) is 80.8 Å². The molecule has 0 spiro atoms. The average molecular weight is 1120 g/mol. The zero-order valence-electron chi connectivity index (χ0n) is 45.5. The zero-order chi connectivity index (χ0) is 56.2. The van der Waals surface area contributed by atoms with Gasteiger partial charge in [-0.2, -0.15) is 9.97 Å². The number of carbonyl (C=O) groups excluding carboxylic acids is 3. The molecule has 80 heavy (non-hydrogen) atoms. The Kier molecular flexibility index (Phi) is 17.2. The van der Waals surface area contributed by atoms with Crippen molar-refractivity contribution in [3.05, 3.63) is 88.7 Å². The number of likely N-dealkylation sites (tertiary alicyclic amines) is 2. The number of carbonyl (C=O) groups is 3. The molecule has 10 rings (SSSR count). The molecule has 422 valence electrons. The lowest BCUT2D eigenvalue weighted by atomic mass is 9.85. The predicted molar refractivity (Wildman–Crippen MR) is 300 cm³/mol. The van der Waals surface area contributed by atoms with Gasteiger partial charge < -0.3 is 50.2 Å². The fourth-order valence-corrected chi connectivity index (χ4v) is 12.3. The topological polar surface area (TPSA) is 217 Å². The minimum absolute atomic E-state index is 0.00403. The van der Waals surface area contributed by atoms with E-state index in [0.29, 0.717) is 49.4 Å². The number of aromatic nitrogens is 4. The first-order chi connectivity index (χ1) is 38.5. The number of thiazole rings is 1. The van der Waals surface area contributed by atoms with E-state index in [9.17, 15) is 24.6 Å². The average Bonchev–Trinajstić information content (AvgIpc) is 4.07. The van der Waals surface area contributed by atoms with E-state index in [0.717, 1.165) is 53.9 Å². The largest absolute Gasteiger partial charge is 0.508 e. The Labute approximate surface area is 467 Å². The monoisotopic (exact) mass is 1110 g/mol. The third kappa shape index (κ3) is 12.5. The van der Waals surface area contributed by atoms with Crippen molar-refractivity contribution in [3.8, 4) is 45.8 Å². The number of amides is 3. The Bertz CT molecular complexity index is 3290. The van der Waals surface area contributed by atoms with Crippen LogP contribution in [0.5, 0.6) is 11.8 Å². The second kappa shape index (κ2) is 24.4. The summed E-state index contributed by atoms with van der Waals surface area (Å²) < 4.78 is 50.2. The number of aliphatic hydroxyl groups excluding tert-OH is 1. The van der Waals surface area contributed by atoms with E-state index in [2.05, 4.69) is 46.6 Å². The molecule has 7 heterocycles. The summed E-state index contributed by atoms with van der Waals surface area (Å²) >= 11 is 1.57. The van der Waals surface area contributed by atoms with Crippen LogP contribution in [0.15, 0.2) is 60.2 Å². The molecule has 4 aliphatic heterocycles. The van der Waals surface area contributed by atoms with Crippen LogP contribution >= 0.6 is 11.3 Å². The number of nitrogens with zero attached hydrogens (tertiary/aromatic N) is 7. The Balaban J connectivity index is 0.697. The molecular weight excluding hydrogens is 1050 g/mol. The van der Waals surface area contributed by atoms with Crippen LogP contribution in [0, 0.1) is 36.3 Å². The number of aromatic hydroxyl groups is 1. The summed E-state index contributed by atoms with van der Waals surface area (Å²) in [4.78, 5) is 66.1. The number of fused-ring (bicyclic) bond motifs is 4. The van der Waals surface area contributed by atoms with Crippen LogP contribution in [0.1, 0.15) is 76.1 Å². The lowest BCUT2D eigenvalue weighted by Crippen LogP contribution is -2.57. The zero-order valence-corrected chi connectivity index (χ0v) is 46.3. The molecule has 3 amide bonds. The molecule has 18 nitrogen and oxygen atoms in total. The molecule has 3 aromatic heterocycles. The normalized spacial score (nSPS) is 20.6. The maximum absolute atomic E-state index is 17.1. The van der Waals surface area contributed by atoms with Gasteiger partial charge >= 0.3 is 6.01 Å². The van der Waals surface area contributed by atoms with Gasteiger partial charge in [0.25, 0.3) is 0 Å². The Morgan fingerprint density at radius 3 is 2.46 bits per heavy atom. The Morgan fingerprint density at radius 1 is 0.975 bits per heavy atom. The minimum atomic E-state index is -0.962. The van der Waals surface area contributed by atoms with Crippen molar-refractivity contribution in [2.24, 2.45) is 5.41 Å². The van der Waals surface area contributed by atoms with Crippen LogP contribution in [0.4, 0.5) is 14.6 Å². The molecule has 0 aliphatic carbocycles. The summed E-state index contributed by atoms with van der Waals surface area (Å²) in [5, 5.41) is 31.8. The van der Waals surface area contributed by atoms with Crippen molar-refractivity contribution in [1.29, 1.82) is 0 Å². The number of nitrogens with one attached hydrogen (secondary N) is 3. The SMILES string of the molecule is C#Cc1c(F)ccc2cc(O)cc(-c3ncc4c(N5CC6CCC(C5)N6)nc(OC[C@@H]5CCCN5CCOCCOCCC(=O)N[C@@H](C(=O)N5C[C@@H](O)C[C@@H]5C(=O)NCc5ccc(-c6scnc6C)cc5)C(C)(C)C)nc4c3F)c12. The van der Waals surface area contributed by atoms with Crippen LogP contribution in [0.3, 0.4) is 0 Å². The second-order valence-electron chi connectivity index (χ2n) is 22.3. The van der Waals surface area contributed by atoms with Gasteiger partial charge in [0.1, 0.15) is 47.3 Å². The molecule has 4 saturated heterocycles. The number of anilines is 1. The van der Waals surface area contributed by atoms with Crippen LogP contribution in [0.2, 0.25) is 0 Å². The first kappa shape index (κ1) is 56.3. The highest BCUT2D eigenvalue weighted by Gasteiger charge is 2.44. The van der Waals surface area contributed by atoms with E-state index in [-0.39, 0.29) is 115 Å². The number of phenols is 1. The van der Waals surface area contributed by atoms with Gasteiger partial charge in [-0.15, -0.1) is 17.8 Å². The fraction of sp³-hybridized carbons (Fsp3) is 0.475. The van der Waals surface area contributed by atoms with Crippen molar-refractivity contribution >= 4 is 56.6 Å². The summed E-state index contributed by atoms with van der Waals surface area (Å²) in [5.41, 5.74) is 3.87. The number of ether oxygens (including phenoxy) is 3. The van der Waals surface area contributed by atoms with Gasteiger partial charge in [0.05, 0.1) is 59.6 Å². The smallest absolute Gasteiger partial charge is 0.319 e. The highest BCUT2D eigenvalue weighted by Crippen LogP contribution is 2.40. The lowest BCUT2D eigenvalue weighted by molar-refractivity contribution is -0.144. The van der Waals surface area contributed by atoms with E-state index in [1.807, 2.05) is 57.5 Å². The molecule has 0 radical (unpaired) electrons. The third-order valence-electron chi connectivity index (χ3n) is 15.6. The summed E-state index contributed by atoms with van der Waals surface area (Å²) in [5.74, 6) is 0.0982. The number of hydrogen-bond donors (Lipinski definition) is 5. The maximum Gasteiger partial charge on any atom is 0.319 e. The van der Waals surface area contributed by atoms with Gasteiger partial charge in [-0.25, -0.2) is 13.8 Å². The molecule has 5 N–H and O–H groups in total. The number of piperazine rings is 1. The molecule has 6 aromatic rings. The van der Waals surface area contributed by atoms with E-state index in [1.165, 1.54) is 35.4 Å². The number of rotatable bonds is 20. The maximum atomic E-state index is 17.1. The summed E-state index contributed by atoms with van der Waals surface area (Å²) in [6.45, 7) is 11.8. The second-order valence-corrected chi connectivity index (χ2v) is 23.1. The molecular formula is C59H68F2N10O8S. The lowest BCUT2D eigenvalue weighted by Gasteiger charge is -2.35. The number of β-amino-alcohol motifs (C(OH)–C–C–N with tert-alkyl or cyclic N) is 1. The van der Waals surface area contributed by atoms with Crippen LogP contribution in [-0.2, 0) is 30.4 Å².